The first-order valence-corrected chi connectivity index (χ1v) is 10.4. The highest BCUT2D eigenvalue weighted by Gasteiger charge is 2.30. The van der Waals surface area contributed by atoms with Crippen molar-refractivity contribution in [1.29, 1.82) is 5.41 Å². The van der Waals surface area contributed by atoms with E-state index >= 15 is 0 Å². The number of rotatable bonds is 8. The van der Waals surface area contributed by atoms with Gasteiger partial charge in [0, 0.05) is 36.3 Å². The molecule has 1 aromatic carbocycles. The number of halogens is 1. The van der Waals surface area contributed by atoms with Crippen LogP contribution in [0.3, 0.4) is 0 Å². The van der Waals surface area contributed by atoms with E-state index in [2.05, 4.69) is 30.8 Å². The zero-order valence-corrected chi connectivity index (χ0v) is 17.9. The Kier molecular flexibility index (Phi) is 7.26. The molecule has 1 aromatic heterocycles. The number of nitrogens with one attached hydrogen (secondary N) is 1. The predicted molar refractivity (Wildman–Crippen MR) is 116 cm³/mol. The number of hydrogen-bond acceptors (Lipinski definition) is 5. The van der Waals surface area contributed by atoms with Crippen molar-refractivity contribution in [3.8, 4) is 16.9 Å². The van der Waals surface area contributed by atoms with Gasteiger partial charge in [-0.15, -0.1) is 0 Å². The van der Waals surface area contributed by atoms with E-state index in [1.54, 1.807) is 12.1 Å². The summed E-state index contributed by atoms with van der Waals surface area (Å²) in [5, 5.41) is 7.41. The number of benzene rings is 1. The smallest absolute Gasteiger partial charge is 0.279 e. The fraction of sp³-hybridized carbons (Fsp3) is 0.478. The van der Waals surface area contributed by atoms with E-state index in [4.69, 9.17) is 20.6 Å². The lowest BCUT2D eigenvalue weighted by Gasteiger charge is -2.33. The van der Waals surface area contributed by atoms with Crippen LogP contribution in [0, 0.1) is 17.3 Å². The minimum Gasteiger partial charge on any atom is -0.490 e. The number of aromatic nitrogens is 1. The molecule has 0 spiro atoms. The van der Waals surface area contributed by atoms with E-state index in [1.807, 2.05) is 18.2 Å². The van der Waals surface area contributed by atoms with Crippen LogP contribution in [0.5, 0.6) is 5.75 Å². The van der Waals surface area contributed by atoms with E-state index in [1.165, 1.54) is 6.20 Å². The molecule has 1 aliphatic rings. The van der Waals surface area contributed by atoms with Gasteiger partial charge in [0.1, 0.15) is 11.9 Å². The summed E-state index contributed by atoms with van der Waals surface area (Å²) >= 11 is 0. The molecule has 1 unspecified atom stereocenters. The maximum Gasteiger partial charge on any atom is 0.279 e. The quantitative estimate of drug-likeness (QED) is 0.387. The number of ether oxygens (including phenoxy) is 2. The molecule has 1 aliphatic heterocycles. The van der Waals surface area contributed by atoms with Crippen LogP contribution in [0.15, 0.2) is 36.5 Å². The number of fused-ring (bicyclic) bond motifs is 1. The Balaban J connectivity index is 1.80. The van der Waals surface area contributed by atoms with Crippen LogP contribution in [-0.2, 0) is 4.74 Å². The number of nitrogens with zero attached hydrogens (tertiary/aromatic N) is 2. The van der Waals surface area contributed by atoms with Crippen molar-refractivity contribution in [3.05, 3.63) is 48.0 Å². The van der Waals surface area contributed by atoms with Crippen molar-refractivity contribution in [1.82, 2.24) is 9.88 Å². The molecule has 0 saturated heterocycles. The van der Waals surface area contributed by atoms with Crippen molar-refractivity contribution in [2.45, 2.75) is 38.7 Å². The molecule has 3 N–H and O–H groups in total. The lowest BCUT2D eigenvalue weighted by Crippen LogP contribution is -2.33. The standard InChI is InChI=1S/C23H31FN4O2/c1-15(2)13-28(3)10-8-18-11-17(14-29-23(25)26)20-12-16(6-7-21(20)30-18)19-5-4-9-27-22(19)24/h4-7,9,12,15,17-18H,8,10-11,13-14H2,1-3H3,(H3,25,26)/t17-,18?/m0/s1. The fourth-order valence-electron chi connectivity index (χ4n) is 4.02. The minimum absolute atomic E-state index is 0.0118. The van der Waals surface area contributed by atoms with Gasteiger partial charge in [-0.1, -0.05) is 19.9 Å². The summed E-state index contributed by atoms with van der Waals surface area (Å²) in [5.41, 5.74) is 7.55. The molecule has 2 atom stereocenters. The Bertz CT molecular complexity index is 874. The van der Waals surface area contributed by atoms with Gasteiger partial charge in [0.05, 0.1) is 6.61 Å². The first-order chi connectivity index (χ1) is 14.3. The summed E-state index contributed by atoms with van der Waals surface area (Å²) < 4.78 is 25.8. The van der Waals surface area contributed by atoms with Crippen molar-refractivity contribution >= 4 is 6.02 Å². The second-order valence-corrected chi connectivity index (χ2v) is 8.39. The fourth-order valence-corrected chi connectivity index (χ4v) is 4.02. The molecular formula is C23H31FN4O2. The maximum absolute atomic E-state index is 14.2. The Labute approximate surface area is 177 Å². The van der Waals surface area contributed by atoms with Gasteiger partial charge in [-0.25, -0.2) is 4.98 Å². The summed E-state index contributed by atoms with van der Waals surface area (Å²) in [5.74, 6) is 0.906. The summed E-state index contributed by atoms with van der Waals surface area (Å²) in [7, 11) is 2.13. The lowest BCUT2D eigenvalue weighted by molar-refractivity contribution is 0.116. The number of amidine groups is 1. The van der Waals surface area contributed by atoms with E-state index in [9.17, 15) is 4.39 Å². The second kappa shape index (κ2) is 9.89. The highest BCUT2D eigenvalue weighted by Crippen LogP contribution is 2.40. The molecular weight excluding hydrogens is 383 g/mol. The third-order valence-corrected chi connectivity index (χ3v) is 5.31. The van der Waals surface area contributed by atoms with Crippen LogP contribution >= 0.6 is 0 Å². The van der Waals surface area contributed by atoms with E-state index in [0.717, 1.165) is 42.8 Å². The molecule has 0 radical (unpaired) electrons. The van der Waals surface area contributed by atoms with Crippen LogP contribution in [0.1, 0.15) is 38.2 Å². The van der Waals surface area contributed by atoms with Gasteiger partial charge in [-0.2, -0.15) is 4.39 Å². The molecule has 30 heavy (non-hydrogen) atoms. The summed E-state index contributed by atoms with van der Waals surface area (Å²) in [6.45, 7) is 6.70. The van der Waals surface area contributed by atoms with Gasteiger partial charge in [0.15, 0.2) is 0 Å². The van der Waals surface area contributed by atoms with Gasteiger partial charge in [0.2, 0.25) is 5.95 Å². The number of hydrogen-bond donors (Lipinski definition) is 2. The zero-order valence-electron chi connectivity index (χ0n) is 17.9. The lowest BCUT2D eigenvalue weighted by atomic mass is 9.87. The van der Waals surface area contributed by atoms with E-state index < -0.39 is 5.95 Å². The van der Waals surface area contributed by atoms with Gasteiger partial charge in [-0.05, 0) is 55.6 Å². The summed E-state index contributed by atoms with van der Waals surface area (Å²) in [4.78, 5) is 6.07. The van der Waals surface area contributed by atoms with Crippen LogP contribution in [0.25, 0.3) is 11.1 Å². The first kappa shape index (κ1) is 22.0. The molecule has 0 amide bonds. The van der Waals surface area contributed by atoms with E-state index in [0.29, 0.717) is 18.1 Å². The highest BCUT2D eigenvalue weighted by atomic mass is 19.1. The van der Waals surface area contributed by atoms with Crippen LogP contribution in [0.4, 0.5) is 4.39 Å². The Morgan fingerprint density at radius 1 is 1.40 bits per heavy atom. The van der Waals surface area contributed by atoms with Crippen molar-refractivity contribution < 1.29 is 13.9 Å². The highest BCUT2D eigenvalue weighted by molar-refractivity contribution is 5.68. The van der Waals surface area contributed by atoms with Crippen molar-refractivity contribution in [2.24, 2.45) is 11.7 Å². The van der Waals surface area contributed by atoms with Gasteiger partial charge < -0.3 is 20.1 Å². The molecule has 162 valence electrons. The van der Waals surface area contributed by atoms with Gasteiger partial charge in [-0.3, -0.25) is 5.41 Å². The van der Waals surface area contributed by atoms with Gasteiger partial charge in [0.25, 0.3) is 6.02 Å². The third kappa shape index (κ3) is 5.69. The average molecular weight is 415 g/mol. The zero-order chi connectivity index (χ0) is 21.7. The van der Waals surface area contributed by atoms with Crippen molar-refractivity contribution in [3.63, 3.8) is 0 Å². The molecule has 7 heteroatoms. The van der Waals surface area contributed by atoms with Crippen LogP contribution < -0.4 is 10.5 Å². The number of pyridine rings is 1. The summed E-state index contributed by atoms with van der Waals surface area (Å²) in [6.07, 6.45) is 3.14. The first-order valence-electron chi connectivity index (χ1n) is 10.4. The molecule has 2 aromatic rings. The maximum atomic E-state index is 14.2. The second-order valence-electron chi connectivity index (χ2n) is 8.39. The number of nitrogens with two attached hydrogens (primary N) is 1. The topological polar surface area (TPSA) is 84.5 Å². The SMILES string of the molecule is CC(C)CN(C)CCC1C[C@@H](COC(=N)N)c2cc(-c3cccnc3F)ccc2O1. The predicted octanol–water partition coefficient (Wildman–Crippen LogP) is 4.01. The van der Waals surface area contributed by atoms with Gasteiger partial charge >= 0.3 is 0 Å². The largest absolute Gasteiger partial charge is 0.490 e. The Morgan fingerprint density at radius 3 is 2.90 bits per heavy atom. The Hall–Kier alpha value is -2.67. The molecule has 0 fully saturated rings. The molecule has 6 nitrogen and oxygen atoms in total. The normalized spacial score (nSPS) is 18.2. The van der Waals surface area contributed by atoms with E-state index in [-0.39, 0.29) is 18.0 Å². The summed E-state index contributed by atoms with van der Waals surface area (Å²) in [6, 6.07) is 8.81. The molecule has 0 saturated carbocycles. The van der Waals surface area contributed by atoms with Crippen LogP contribution in [-0.4, -0.2) is 48.8 Å². The molecule has 3 rings (SSSR count). The molecule has 2 heterocycles. The molecule has 0 bridgehead atoms. The van der Waals surface area contributed by atoms with Crippen LogP contribution in [0.2, 0.25) is 0 Å². The van der Waals surface area contributed by atoms with Crippen molar-refractivity contribution in [2.75, 3.05) is 26.7 Å². The average Bonchev–Trinajstić information content (AvgIpc) is 2.70. The monoisotopic (exact) mass is 414 g/mol. The third-order valence-electron chi connectivity index (χ3n) is 5.31. The minimum atomic E-state index is -0.503. The molecule has 0 aliphatic carbocycles. The Morgan fingerprint density at radius 2 is 2.20 bits per heavy atom.